The number of hydrogen-bond donors (Lipinski definition) is 2. The Bertz CT molecular complexity index is 374. The third-order valence-electron chi connectivity index (χ3n) is 2.84. The largest absolute Gasteiger partial charge is 0.379 e. The molecule has 0 aromatic carbocycles. The predicted octanol–water partition coefficient (Wildman–Crippen LogP) is 1.18. The summed E-state index contributed by atoms with van der Waals surface area (Å²) in [7, 11) is 1.66. The molecule has 1 saturated carbocycles. The van der Waals surface area contributed by atoms with Crippen molar-refractivity contribution in [1.29, 1.82) is 0 Å². The van der Waals surface area contributed by atoms with Crippen molar-refractivity contribution in [2.45, 2.75) is 31.4 Å². The first-order chi connectivity index (χ1) is 7.70. The molecule has 16 heavy (non-hydrogen) atoms. The average Bonchev–Trinajstić information content (AvgIpc) is 2.71. The standard InChI is InChI=1S/C10H15FN4O/c1-16-8-4-2-3-7(8)14-9-6(11)5-13-10(12)15-9/h5,7-8H,2-4H2,1H3,(H3,12,13,14,15). The van der Waals surface area contributed by atoms with Crippen molar-refractivity contribution in [3.8, 4) is 0 Å². The fourth-order valence-corrected chi connectivity index (χ4v) is 2.03. The van der Waals surface area contributed by atoms with Gasteiger partial charge in [0.25, 0.3) is 0 Å². The van der Waals surface area contributed by atoms with E-state index in [2.05, 4.69) is 15.3 Å². The van der Waals surface area contributed by atoms with E-state index in [1.54, 1.807) is 7.11 Å². The van der Waals surface area contributed by atoms with Gasteiger partial charge in [-0.1, -0.05) is 0 Å². The molecule has 1 aromatic rings. The molecule has 0 bridgehead atoms. The third-order valence-corrected chi connectivity index (χ3v) is 2.84. The second-order valence-electron chi connectivity index (χ2n) is 3.88. The van der Waals surface area contributed by atoms with Crippen LogP contribution < -0.4 is 11.1 Å². The molecular weight excluding hydrogens is 211 g/mol. The maximum atomic E-state index is 13.4. The Morgan fingerprint density at radius 3 is 3.12 bits per heavy atom. The van der Waals surface area contributed by atoms with Crippen LogP contribution in [0.15, 0.2) is 6.20 Å². The number of methoxy groups -OCH3 is 1. The third kappa shape index (κ3) is 2.21. The minimum absolute atomic E-state index is 0.0656. The quantitative estimate of drug-likeness (QED) is 0.809. The number of ether oxygens (including phenoxy) is 1. The van der Waals surface area contributed by atoms with Gasteiger partial charge < -0.3 is 15.8 Å². The zero-order chi connectivity index (χ0) is 11.5. The van der Waals surface area contributed by atoms with Gasteiger partial charge in [0.15, 0.2) is 11.6 Å². The molecule has 1 aromatic heterocycles. The lowest BCUT2D eigenvalue weighted by molar-refractivity contribution is 0.101. The summed E-state index contributed by atoms with van der Waals surface area (Å²) in [6.45, 7) is 0. The minimum Gasteiger partial charge on any atom is -0.379 e. The van der Waals surface area contributed by atoms with Crippen LogP contribution >= 0.6 is 0 Å². The van der Waals surface area contributed by atoms with Gasteiger partial charge in [0.2, 0.25) is 5.95 Å². The summed E-state index contributed by atoms with van der Waals surface area (Å²) in [5.74, 6) is -0.270. The molecule has 0 saturated heterocycles. The lowest BCUT2D eigenvalue weighted by Crippen LogP contribution is -2.30. The number of aromatic nitrogens is 2. The smallest absolute Gasteiger partial charge is 0.222 e. The van der Waals surface area contributed by atoms with Gasteiger partial charge in [0.05, 0.1) is 18.3 Å². The highest BCUT2D eigenvalue weighted by atomic mass is 19.1. The number of nitrogen functional groups attached to an aromatic ring is 1. The highest BCUT2D eigenvalue weighted by Crippen LogP contribution is 2.25. The summed E-state index contributed by atoms with van der Waals surface area (Å²) in [4.78, 5) is 7.40. The monoisotopic (exact) mass is 226 g/mol. The lowest BCUT2D eigenvalue weighted by atomic mass is 10.2. The molecule has 0 aliphatic heterocycles. The van der Waals surface area contributed by atoms with Crippen LogP contribution in [0.3, 0.4) is 0 Å². The molecule has 6 heteroatoms. The first-order valence-corrected chi connectivity index (χ1v) is 5.28. The number of hydrogen-bond acceptors (Lipinski definition) is 5. The van der Waals surface area contributed by atoms with E-state index in [9.17, 15) is 4.39 Å². The number of halogens is 1. The van der Waals surface area contributed by atoms with E-state index in [0.29, 0.717) is 0 Å². The number of nitrogens with two attached hydrogens (primary N) is 1. The molecule has 3 N–H and O–H groups in total. The van der Waals surface area contributed by atoms with Crippen LogP contribution in [0.2, 0.25) is 0 Å². The molecule has 0 spiro atoms. The van der Waals surface area contributed by atoms with Crippen molar-refractivity contribution in [3.63, 3.8) is 0 Å². The summed E-state index contributed by atoms with van der Waals surface area (Å²) in [5.41, 5.74) is 5.41. The van der Waals surface area contributed by atoms with Crippen molar-refractivity contribution in [2.24, 2.45) is 0 Å². The molecule has 88 valence electrons. The van der Waals surface area contributed by atoms with Gasteiger partial charge in [-0.15, -0.1) is 0 Å². The van der Waals surface area contributed by atoms with E-state index in [-0.39, 0.29) is 23.9 Å². The lowest BCUT2D eigenvalue weighted by Gasteiger charge is -2.20. The maximum absolute atomic E-state index is 13.4. The van der Waals surface area contributed by atoms with E-state index in [1.807, 2.05) is 0 Å². The zero-order valence-electron chi connectivity index (χ0n) is 9.11. The first-order valence-electron chi connectivity index (χ1n) is 5.28. The Hall–Kier alpha value is -1.43. The molecule has 2 atom stereocenters. The summed E-state index contributed by atoms with van der Waals surface area (Å²) in [6, 6.07) is 0.0915. The van der Waals surface area contributed by atoms with Gasteiger partial charge >= 0.3 is 0 Å². The van der Waals surface area contributed by atoms with Crippen LogP contribution in [0.1, 0.15) is 19.3 Å². The summed E-state index contributed by atoms with van der Waals surface area (Å²) < 4.78 is 18.7. The van der Waals surface area contributed by atoms with E-state index in [4.69, 9.17) is 10.5 Å². The molecule has 5 nitrogen and oxygen atoms in total. The Labute approximate surface area is 93.2 Å². The Kier molecular flexibility index (Phi) is 3.19. The van der Waals surface area contributed by atoms with Gasteiger partial charge in [0, 0.05) is 7.11 Å². The van der Waals surface area contributed by atoms with Gasteiger partial charge in [-0.05, 0) is 19.3 Å². The van der Waals surface area contributed by atoms with Crippen LogP contribution in [-0.2, 0) is 4.74 Å². The molecule has 2 unspecified atom stereocenters. The van der Waals surface area contributed by atoms with Crippen LogP contribution in [-0.4, -0.2) is 29.2 Å². The molecular formula is C10H15FN4O. The molecule has 1 aliphatic rings. The molecule has 2 rings (SSSR count). The molecule has 0 radical (unpaired) electrons. The van der Waals surface area contributed by atoms with Crippen LogP contribution in [0.4, 0.5) is 16.2 Å². The van der Waals surface area contributed by atoms with Crippen LogP contribution in [0.5, 0.6) is 0 Å². The van der Waals surface area contributed by atoms with Crippen molar-refractivity contribution in [3.05, 3.63) is 12.0 Å². The fourth-order valence-electron chi connectivity index (χ4n) is 2.03. The Balaban J connectivity index is 2.11. The first kappa shape index (κ1) is 11.1. The average molecular weight is 226 g/mol. The SMILES string of the molecule is COC1CCCC1Nc1nc(N)ncc1F. The van der Waals surface area contributed by atoms with Crippen molar-refractivity contribution < 1.29 is 9.13 Å². The molecule has 0 amide bonds. The predicted molar refractivity (Wildman–Crippen MR) is 58.5 cm³/mol. The van der Waals surface area contributed by atoms with Crippen molar-refractivity contribution >= 4 is 11.8 Å². The van der Waals surface area contributed by atoms with Gasteiger partial charge in [-0.3, -0.25) is 0 Å². The minimum atomic E-state index is -0.490. The summed E-state index contributed by atoms with van der Waals surface area (Å²) >= 11 is 0. The fraction of sp³-hybridized carbons (Fsp3) is 0.600. The second-order valence-corrected chi connectivity index (χ2v) is 3.88. The van der Waals surface area contributed by atoms with E-state index < -0.39 is 5.82 Å². The number of nitrogens with zero attached hydrogens (tertiary/aromatic N) is 2. The highest BCUT2D eigenvalue weighted by Gasteiger charge is 2.28. The second kappa shape index (κ2) is 4.61. The summed E-state index contributed by atoms with van der Waals surface area (Å²) in [6.07, 6.45) is 4.17. The van der Waals surface area contributed by atoms with E-state index >= 15 is 0 Å². The van der Waals surface area contributed by atoms with Crippen molar-refractivity contribution in [1.82, 2.24) is 9.97 Å². The number of nitrogens with one attached hydrogen (secondary N) is 1. The number of rotatable bonds is 3. The number of anilines is 2. The van der Waals surface area contributed by atoms with Gasteiger partial charge in [-0.2, -0.15) is 4.98 Å². The van der Waals surface area contributed by atoms with Gasteiger partial charge in [0.1, 0.15) is 0 Å². The zero-order valence-corrected chi connectivity index (χ0v) is 9.11. The molecule has 1 fully saturated rings. The molecule has 1 aliphatic carbocycles. The van der Waals surface area contributed by atoms with E-state index in [0.717, 1.165) is 25.5 Å². The summed E-state index contributed by atoms with van der Waals surface area (Å²) in [5, 5.41) is 3.02. The normalized spacial score (nSPS) is 24.6. The molecule has 1 heterocycles. The van der Waals surface area contributed by atoms with E-state index in [1.165, 1.54) is 0 Å². The maximum Gasteiger partial charge on any atom is 0.222 e. The van der Waals surface area contributed by atoms with Gasteiger partial charge in [-0.25, -0.2) is 9.37 Å². The van der Waals surface area contributed by atoms with Crippen LogP contribution in [0.25, 0.3) is 0 Å². The van der Waals surface area contributed by atoms with Crippen LogP contribution in [0, 0.1) is 5.82 Å². The Morgan fingerprint density at radius 2 is 2.38 bits per heavy atom. The topological polar surface area (TPSA) is 73.1 Å². The highest BCUT2D eigenvalue weighted by molar-refractivity contribution is 5.40. The van der Waals surface area contributed by atoms with Crippen molar-refractivity contribution in [2.75, 3.05) is 18.2 Å². The Morgan fingerprint density at radius 1 is 1.56 bits per heavy atom.